The van der Waals surface area contributed by atoms with Gasteiger partial charge in [-0.15, -0.1) is 11.3 Å². The van der Waals surface area contributed by atoms with Gasteiger partial charge in [-0.05, 0) is 39.5 Å². The van der Waals surface area contributed by atoms with Crippen LogP contribution in [0.4, 0.5) is 5.13 Å². The molecule has 0 unspecified atom stereocenters. The first-order valence-electron chi connectivity index (χ1n) is 7.20. The van der Waals surface area contributed by atoms with E-state index in [1.54, 1.807) is 5.38 Å². The van der Waals surface area contributed by atoms with Crippen molar-refractivity contribution in [2.24, 2.45) is 5.92 Å². The van der Waals surface area contributed by atoms with Gasteiger partial charge < -0.3 is 9.64 Å². The van der Waals surface area contributed by atoms with Gasteiger partial charge in [0.15, 0.2) is 10.8 Å². The molecule has 0 radical (unpaired) electrons. The van der Waals surface area contributed by atoms with Crippen molar-refractivity contribution >= 4 is 22.4 Å². The van der Waals surface area contributed by atoms with Crippen molar-refractivity contribution in [1.29, 1.82) is 5.26 Å². The first kappa shape index (κ1) is 15.8. The van der Waals surface area contributed by atoms with E-state index in [0.717, 1.165) is 31.1 Å². The van der Waals surface area contributed by atoms with Crippen LogP contribution < -0.4 is 4.90 Å². The molecule has 6 heteroatoms. The van der Waals surface area contributed by atoms with Gasteiger partial charge in [-0.3, -0.25) is 4.79 Å². The molecular weight excluding hydrogens is 286 g/mol. The van der Waals surface area contributed by atoms with Crippen molar-refractivity contribution in [1.82, 2.24) is 4.98 Å². The van der Waals surface area contributed by atoms with E-state index in [0.29, 0.717) is 18.0 Å². The highest BCUT2D eigenvalue weighted by Gasteiger charge is 2.26. The monoisotopic (exact) mass is 307 g/mol. The quantitative estimate of drug-likeness (QED) is 0.803. The van der Waals surface area contributed by atoms with Crippen LogP contribution in [0.25, 0.3) is 0 Å². The van der Waals surface area contributed by atoms with Gasteiger partial charge in [-0.2, -0.15) is 5.26 Å². The van der Waals surface area contributed by atoms with Crippen LogP contribution in [0.5, 0.6) is 0 Å². The lowest BCUT2D eigenvalue weighted by molar-refractivity contribution is -0.156. The highest BCUT2D eigenvalue weighted by Crippen LogP contribution is 2.28. The predicted molar refractivity (Wildman–Crippen MR) is 82.2 cm³/mol. The number of carbonyl (C=O) groups is 1. The number of thiazole rings is 1. The van der Waals surface area contributed by atoms with Crippen molar-refractivity contribution in [3.05, 3.63) is 11.1 Å². The molecule has 1 aromatic rings. The van der Waals surface area contributed by atoms with Gasteiger partial charge >= 0.3 is 5.97 Å². The van der Waals surface area contributed by atoms with Crippen LogP contribution in [0.2, 0.25) is 0 Å². The maximum atomic E-state index is 11.9. The summed E-state index contributed by atoms with van der Waals surface area (Å²) in [5.74, 6) is 0.161. The fraction of sp³-hybridized carbons (Fsp3) is 0.667. The van der Waals surface area contributed by atoms with Gasteiger partial charge in [0.25, 0.3) is 0 Å². The fourth-order valence-electron chi connectivity index (χ4n) is 2.49. The maximum absolute atomic E-state index is 11.9. The van der Waals surface area contributed by atoms with Crippen LogP contribution in [0.3, 0.4) is 0 Å². The van der Waals surface area contributed by atoms with Gasteiger partial charge in [0, 0.05) is 18.5 Å². The zero-order chi connectivity index (χ0) is 15.5. The number of carbonyl (C=O) groups excluding carboxylic acids is 1. The highest BCUT2D eigenvalue weighted by molar-refractivity contribution is 7.13. The van der Waals surface area contributed by atoms with Gasteiger partial charge in [-0.1, -0.05) is 0 Å². The van der Waals surface area contributed by atoms with E-state index >= 15 is 0 Å². The normalized spacial score (nSPS) is 19.1. The number of piperidine rings is 1. The van der Waals surface area contributed by atoms with E-state index in [1.807, 2.05) is 20.8 Å². The lowest BCUT2D eigenvalue weighted by Crippen LogP contribution is -2.37. The third-order valence-electron chi connectivity index (χ3n) is 3.27. The topological polar surface area (TPSA) is 66.2 Å². The van der Waals surface area contributed by atoms with Crippen molar-refractivity contribution in [2.75, 3.05) is 18.0 Å². The Bertz CT molecular complexity index is 542. The third-order valence-corrected chi connectivity index (χ3v) is 4.17. The molecule has 5 nitrogen and oxygen atoms in total. The molecule has 1 aliphatic rings. The molecule has 1 fully saturated rings. The van der Waals surface area contributed by atoms with Gasteiger partial charge in [0.1, 0.15) is 11.7 Å². The van der Waals surface area contributed by atoms with E-state index in [2.05, 4.69) is 16.0 Å². The Labute approximate surface area is 129 Å². The molecule has 0 spiro atoms. The average Bonchev–Trinajstić information content (AvgIpc) is 2.85. The summed E-state index contributed by atoms with van der Waals surface area (Å²) in [6.45, 7) is 7.39. The summed E-state index contributed by atoms with van der Waals surface area (Å²) in [6, 6.07) is 2.05. The molecule has 0 aliphatic carbocycles. The number of rotatable bonds is 3. The maximum Gasteiger partial charge on any atom is 0.306 e. The van der Waals surface area contributed by atoms with Crippen LogP contribution in [0.1, 0.15) is 45.7 Å². The molecule has 0 aromatic carbocycles. The smallest absolute Gasteiger partial charge is 0.306 e. The second-order valence-electron chi connectivity index (χ2n) is 6.37. The number of ether oxygens (including phenoxy) is 1. The molecule has 2 rings (SSSR count). The molecule has 1 atom stereocenters. The summed E-state index contributed by atoms with van der Waals surface area (Å²) in [7, 11) is 0. The molecule has 0 bridgehead atoms. The van der Waals surface area contributed by atoms with Crippen LogP contribution in [-0.2, 0) is 9.53 Å². The molecule has 2 heterocycles. The minimum atomic E-state index is -0.428. The first-order chi connectivity index (χ1) is 9.87. The molecule has 1 aromatic heterocycles. The highest BCUT2D eigenvalue weighted by atomic mass is 32.1. The molecule has 0 amide bonds. The number of esters is 1. The summed E-state index contributed by atoms with van der Waals surface area (Å²) >= 11 is 1.49. The number of anilines is 1. The van der Waals surface area contributed by atoms with Crippen LogP contribution in [0.15, 0.2) is 5.38 Å². The third kappa shape index (κ3) is 4.71. The fourth-order valence-corrected chi connectivity index (χ4v) is 3.27. The van der Waals surface area contributed by atoms with Gasteiger partial charge in [-0.25, -0.2) is 4.98 Å². The zero-order valence-corrected chi connectivity index (χ0v) is 13.6. The Hall–Kier alpha value is -1.61. The van der Waals surface area contributed by atoms with Crippen molar-refractivity contribution in [2.45, 2.75) is 45.6 Å². The minimum absolute atomic E-state index is 0.133. The largest absolute Gasteiger partial charge is 0.460 e. The number of nitriles is 1. The van der Waals surface area contributed by atoms with E-state index in [-0.39, 0.29) is 5.97 Å². The van der Waals surface area contributed by atoms with Gasteiger partial charge in [0.05, 0.1) is 6.42 Å². The van der Waals surface area contributed by atoms with E-state index in [4.69, 9.17) is 10.00 Å². The zero-order valence-electron chi connectivity index (χ0n) is 12.8. The van der Waals surface area contributed by atoms with E-state index < -0.39 is 5.60 Å². The van der Waals surface area contributed by atoms with Crippen molar-refractivity contribution < 1.29 is 9.53 Å². The van der Waals surface area contributed by atoms with Crippen LogP contribution in [-0.4, -0.2) is 29.6 Å². The van der Waals surface area contributed by atoms with Crippen molar-refractivity contribution in [3.8, 4) is 6.07 Å². The summed E-state index contributed by atoms with van der Waals surface area (Å²) in [4.78, 5) is 18.4. The molecule has 0 saturated carbocycles. The second kappa shape index (κ2) is 6.44. The predicted octanol–water partition coefficient (Wildman–Crippen LogP) is 2.96. The molecule has 1 aliphatic heterocycles. The summed E-state index contributed by atoms with van der Waals surface area (Å²) in [6.07, 6.45) is 2.52. The Morgan fingerprint density at radius 2 is 2.38 bits per heavy atom. The summed E-state index contributed by atoms with van der Waals surface area (Å²) in [5.41, 5.74) is 0.0341. The minimum Gasteiger partial charge on any atom is -0.460 e. The number of nitrogens with zero attached hydrogens (tertiary/aromatic N) is 3. The molecule has 21 heavy (non-hydrogen) atoms. The molecular formula is C15H21N3O2S. The number of hydrogen-bond acceptors (Lipinski definition) is 6. The number of hydrogen-bond donors (Lipinski definition) is 0. The lowest BCUT2D eigenvalue weighted by Gasteiger charge is -2.32. The number of aromatic nitrogens is 1. The Balaban J connectivity index is 1.92. The Morgan fingerprint density at radius 3 is 3.00 bits per heavy atom. The molecule has 114 valence electrons. The Morgan fingerprint density at radius 1 is 1.62 bits per heavy atom. The van der Waals surface area contributed by atoms with E-state index in [9.17, 15) is 4.79 Å². The van der Waals surface area contributed by atoms with Crippen LogP contribution >= 0.6 is 11.3 Å². The van der Waals surface area contributed by atoms with Crippen LogP contribution in [0, 0.1) is 17.2 Å². The van der Waals surface area contributed by atoms with Gasteiger partial charge in [0.2, 0.25) is 0 Å². The molecule has 1 saturated heterocycles. The van der Waals surface area contributed by atoms with Crippen molar-refractivity contribution in [3.63, 3.8) is 0 Å². The SMILES string of the molecule is CC(C)(C)OC(=O)C[C@@H]1CCCN(c2nc(C#N)cs2)C1. The molecule has 0 N–H and O–H groups in total. The standard InChI is InChI=1S/C15H21N3O2S/c1-15(2,3)20-13(19)7-11-5-4-6-18(9-11)14-17-12(8-16)10-21-14/h10-11H,4-7,9H2,1-3H3/t11-/m0/s1. The summed E-state index contributed by atoms with van der Waals surface area (Å²) in [5, 5.41) is 11.5. The van der Waals surface area contributed by atoms with E-state index in [1.165, 1.54) is 11.3 Å². The lowest BCUT2D eigenvalue weighted by atomic mass is 9.95. The first-order valence-corrected chi connectivity index (χ1v) is 8.08. The second-order valence-corrected chi connectivity index (χ2v) is 7.21. The summed E-state index contributed by atoms with van der Waals surface area (Å²) < 4.78 is 5.39. The Kier molecular flexibility index (Phi) is 4.84. The average molecular weight is 307 g/mol.